The fraction of sp³-hybridized carbons (Fsp3) is 0.947. The first-order valence-corrected chi connectivity index (χ1v) is 9.74. The predicted molar refractivity (Wildman–Crippen MR) is 93.6 cm³/mol. The Labute approximate surface area is 147 Å². The lowest BCUT2D eigenvalue weighted by Crippen LogP contribution is -2.70. The van der Waals surface area contributed by atoms with E-state index in [1.807, 2.05) is 0 Å². The molecule has 1 aliphatic heterocycles. The number of piperidine rings is 1. The van der Waals surface area contributed by atoms with Crippen LogP contribution in [0.5, 0.6) is 0 Å². The van der Waals surface area contributed by atoms with Crippen LogP contribution < -0.4 is 10.4 Å². The Morgan fingerprint density at radius 3 is 2.17 bits per heavy atom. The van der Waals surface area contributed by atoms with Gasteiger partial charge in [0.25, 0.3) is 0 Å². The number of rotatable bonds is 5. The average molecular weight is 341 g/mol. The molecule has 0 spiro atoms. The topological polar surface area (TPSA) is 61.4 Å². The number of carbonyl (C=O) groups excluding carboxylic acids is 1. The van der Waals surface area contributed by atoms with Crippen molar-refractivity contribution in [3.8, 4) is 0 Å². The van der Waals surface area contributed by atoms with Crippen molar-refractivity contribution in [2.24, 2.45) is 0 Å². The van der Waals surface area contributed by atoms with Crippen molar-refractivity contribution in [2.45, 2.75) is 96.4 Å². The highest BCUT2D eigenvalue weighted by Gasteiger charge is 2.49. The van der Waals surface area contributed by atoms with Gasteiger partial charge in [-0.15, -0.1) is 0 Å². The Kier molecular flexibility index (Phi) is 6.54. The summed E-state index contributed by atoms with van der Waals surface area (Å²) in [6.07, 6.45) is 7.02. The summed E-state index contributed by atoms with van der Waals surface area (Å²) in [7, 11) is 0. The van der Waals surface area contributed by atoms with Gasteiger partial charge in [-0.3, -0.25) is 0 Å². The summed E-state index contributed by atoms with van der Waals surface area (Å²) in [5, 5.41) is 13.4. The summed E-state index contributed by atoms with van der Waals surface area (Å²) in [6, 6.07) is 0.739. The fourth-order valence-electron chi connectivity index (χ4n) is 4.91. The summed E-state index contributed by atoms with van der Waals surface area (Å²) >= 11 is 0. The first-order valence-electron chi connectivity index (χ1n) is 9.74. The molecule has 0 aromatic carbocycles. The molecular weight excluding hydrogens is 304 g/mol. The molecule has 24 heavy (non-hydrogen) atoms. The number of nitrogens with one attached hydrogen (secondary N) is 1. The van der Waals surface area contributed by atoms with Gasteiger partial charge in [-0.05, 0) is 40.0 Å². The monoisotopic (exact) mass is 340 g/mol. The molecule has 0 atom stereocenters. The molecule has 2 fully saturated rings. The Hall–Kier alpha value is -0.810. The molecule has 0 unspecified atom stereocenters. The molecule has 0 aromatic heterocycles. The summed E-state index contributed by atoms with van der Waals surface area (Å²) < 4.78 is 7.08. The van der Waals surface area contributed by atoms with Crippen LogP contribution in [-0.4, -0.2) is 54.0 Å². The zero-order valence-electron chi connectivity index (χ0n) is 16.0. The van der Waals surface area contributed by atoms with Crippen molar-refractivity contribution in [2.75, 3.05) is 19.7 Å². The molecule has 1 heterocycles. The second kappa shape index (κ2) is 8.05. The Morgan fingerprint density at radius 2 is 1.71 bits per heavy atom. The maximum Gasteiger partial charge on any atom is 0.134 e. The molecule has 0 aromatic rings. The number of quaternary nitrogens is 1. The molecular formula is C19H36N2O3. The van der Waals surface area contributed by atoms with Crippen LogP contribution in [0.25, 0.3) is 0 Å². The van der Waals surface area contributed by atoms with Crippen molar-refractivity contribution in [1.82, 2.24) is 5.32 Å². The summed E-state index contributed by atoms with van der Waals surface area (Å²) in [5.41, 5.74) is 0.189. The maximum absolute atomic E-state index is 10.8. The standard InChI is InChI=1S/C19H36N2O3/c1-5-14-24-17-8-6-16(7-9-17)21(19(2,3)4)12-10-15(11-13-21)20-18(22)23/h15-17,20H,5-14H2,1-4H3. The molecule has 1 aliphatic carbocycles. The number of ether oxygens (including phenoxy) is 1. The quantitative estimate of drug-likeness (QED) is 0.782. The van der Waals surface area contributed by atoms with E-state index in [0.717, 1.165) is 43.4 Å². The molecule has 140 valence electrons. The molecule has 2 rings (SSSR count). The molecule has 0 bridgehead atoms. The van der Waals surface area contributed by atoms with E-state index in [-0.39, 0.29) is 11.6 Å². The highest BCUT2D eigenvalue weighted by molar-refractivity contribution is 5.62. The van der Waals surface area contributed by atoms with Crippen molar-refractivity contribution in [1.29, 1.82) is 0 Å². The van der Waals surface area contributed by atoms with Crippen molar-refractivity contribution < 1.29 is 19.1 Å². The Balaban J connectivity index is 1.99. The van der Waals surface area contributed by atoms with E-state index in [1.165, 1.54) is 25.7 Å². The SMILES string of the molecule is CCCOC1CCC([N+]2(C(C)(C)C)CCC(NC(=O)[O-])CC2)CC1. The normalized spacial score (nSPS) is 34.8. The van der Waals surface area contributed by atoms with E-state index < -0.39 is 6.09 Å². The number of hydrogen-bond acceptors (Lipinski definition) is 3. The molecule has 1 saturated carbocycles. The summed E-state index contributed by atoms with van der Waals surface area (Å²) in [6.45, 7) is 12.2. The Morgan fingerprint density at radius 1 is 1.12 bits per heavy atom. The number of amides is 1. The Bertz CT molecular complexity index is 403. The van der Waals surface area contributed by atoms with Crippen LogP contribution in [-0.2, 0) is 4.74 Å². The van der Waals surface area contributed by atoms with Gasteiger partial charge in [0.15, 0.2) is 0 Å². The third-order valence-electron chi connectivity index (χ3n) is 6.31. The van der Waals surface area contributed by atoms with Gasteiger partial charge >= 0.3 is 0 Å². The van der Waals surface area contributed by atoms with Crippen LogP contribution in [0.3, 0.4) is 0 Å². The largest absolute Gasteiger partial charge is 0.530 e. The highest BCUT2D eigenvalue weighted by atomic mass is 16.5. The zero-order valence-corrected chi connectivity index (χ0v) is 16.0. The van der Waals surface area contributed by atoms with E-state index >= 15 is 0 Å². The lowest BCUT2D eigenvalue weighted by molar-refractivity contribution is -0.997. The second-order valence-corrected chi connectivity index (χ2v) is 8.66. The first kappa shape index (κ1) is 19.5. The lowest BCUT2D eigenvalue weighted by Gasteiger charge is -2.58. The van der Waals surface area contributed by atoms with Gasteiger partial charge in [-0.2, -0.15) is 0 Å². The minimum absolute atomic E-state index is 0.0628. The van der Waals surface area contributed by atoms with Gasteiger partial charge in [-0.25, -0.2) is 0 Å². The van der Waals surface area contributed by atoms with Gasteiger partial charge in [0, 0.05) is 38.3 Å². The molecule has 5 heteroatoms. The smallest absolute Gasteiger partial charge is 0.134 e. The zero-order chi connectivity index (χ0) is 17.8. The molecule has 0 radical (unpaired) electrons. The van der Waals surface area contributed by atoms with E-state index in [0.29, 0.717) is 12.1 Å². The molecule has 2 aliphatic rings. The van der Waals surface area contributed by atoms with Crippen LogP contribution in [0.1, 0.15) is 72.6 Å². The predicted octanol–water partition coefficient (Wildman–Crippen LogP) is 2.43. The third-order valence-corrected chi connectivity index (χ3v) is 6.31. The maximum atomic E-state index is 10.8. The van der Waals surface area contributed by atoms with Crippen LogP contribution in [0.4, 0.5) is 4.79 Å². The lowest BCUT2D eigenvalue weighted by atomic mass is 9.83. The first-order chi connectivity index (χ1) is 11.3. The van der Waals surface area contributed by atoms with E-state index in [4.69, 9.17) is 4.74 Å². The number of carboxylic acid groups (broad SMARTS) is 1. The van der Waals surface area contributed by atoms with Crippen LogP contribution >= 0.6 is 0 Å². The average Bonchev–Trinajstić information content (AvgIpc) is 2.52. The van der Waals surface area contributed by atoms with E-state index in [1.54, 1.807) is 0 Å². The number of likely N-dealkylation sites (tertiary alicyclic amines) is 1. The number of nitrogens with zero attached hydrogens (tertiary/aromatic N) is 1. The van der Waals surface area contributed by atoms with Gasteiger partial charge < -0.3 is 24.4 Å². The third kappa shape index (κ3) is 4.42. The minimum atomic E-state index is -1.13. The molecule has 1 N–H and O–H groups in total. The van der Waals surface area contributed by atoms with Crippen molar-refractivity contribution >= 4 is 6.09 Å². The number of carbonyl (C=O) groups is 1. The van der Waals surface area contributed by atoms with E-state index in [2.05, 4.69) is 33.0 Å². The van der Waals surface area contributed by atoms with Crippen LogP contribution in [0, 0.1) is 0 Å². The van der Waals surface area contributed by atoms with Gasteiger partial charge in [-0.1, -0.05) is 6.92 Å². The van der Waals surface area contributed by atoms with Crippen molar-refractivity contribution in [3.63, 3.8) is 0 Å². The number of hydrogen-bond donors (Lipinski definition) is 1. The van der Waals surface area contributed by atoms with Gasteiger partial charge in [0.05, 0.1) is 30.8 Å². The fourth-order valence-corrected chi connectivity index (χ4v) is 4.91. The van der Waals surface area contributed by atoms with E-state index in [9.17, 15) is 9.90 Å². The highest BCUT2D eigenvalue weighted by Crippen LogP contribution is 2.39. The molecule has 5 nitrogen and oxygen atoms in total. The van der Waals surface area contributed by atoms with Crippen LogP contribution in [0.2, 0.25) is 0 Å². The van der Waals surface area contributed by atoms with Gasteiger partial charge in [0.1, 0.15) is 6.09 Å². The van der Waals surface area contributed by atoms with Crippen molar-refractivity contribution in [3.05, 3.63) is 0 Å². The molecule has 1 saturated heterocycles. The molecule has 1 amide bonds. The summed E-state index contributed by atoms with van der Waals surface area (Å²) in [4.78, 5) is 10.8. The minimum Gasteiger partial charge on any atom is -0.530 e. The van der Waals surface area contributed by atoms with Gasteiger partial charge in [0.2, 0.25) is 0 Å². The summed E-state index contributed by atoms with van der Waals surface area (Å²) in [5.74, 6) is 0. The van der Waals surface area contributed by atoms with Crippen LogP contribution in [0.15, 0.2) is 0 Å². The second-order valence-electron chi connectivity index (χ2n) is 8.66.